The zero-order chi connectivity index (χ0) is 19.8. The fraction of sp³-hybridized carbons (Fsp3) is 0.273. The van der Waals surface area contributed by atoms with Gasteiger partial charge in [-0.15, -0.1) is 11.3 Å². The van der Waals surface area contributed by atoms with Gasteiger partial charge in [0.1, 0.15) is 11.5 Å². The first-order valence-corrected chi connectivity index (χ1v) is 10.1. The van der Waals surface area contributed by atoms with Crippen molar-refractivity contribution in [2.24, 2.45) is 0 Å². The molecule has 3 aromatic rings. The van der Waals surface area contributed by atoms with Crippen molar-refractivity contribution in [1.82, 2.24) is 10.3 Å². The fourth-order valence-electron chi connectivity index (χ4n) is 2.67. The smallest absolute Gasteiger partial charge is 0.220 e. The third-order valence-electron chi connectivity index (χ3n) is 4.23. The number of amides is 1. The van der Waals surface area contributed by atoms with E-state index in [1.165, 1.54) is 0 Å². The number of thiazole rings is 1. The van der Waals surface area contributed by atoms with Gasteiger partial charge in [0.15, 0.2) is 0 Å². The van der Waals surface area contributed by atoms with Crippen LogP contribution < -0.4 is 14.8 Å². The molecule has 0 fully saturated rings. The Bertz CT molecular complexity index is 889. The highest BCUT2D eigenvalue weighted by Gasteiger charge is 2.04. The number of hydrogen-bond acceptors (Lipinski definition) is 5. The number of rotatable bonds is 9. The molecule has 0 atom stereocenters. The summed E-state index contributed by atoms with van der Waals surface area (Å²) < 4.78 is 10.7. The summed E-state index contributed by atoms with van der Waals surface area (Å²) in [7, 11) is 1.63. The minimum Gasteiger partial charge on any atom is -0.497 e. The summed E-state index contributed by atoms with van der Waals surface area (Å²) in [6, 6.07) is 15.5. The lowest BCUT2D eigenvalue weighted by molar-refractivity contribution is -0.121. The van der Waals surface area contributed by atoms with E-state index >= 15 is 0 Å². The molecular formula is C22H24N2O3S. The van der Waals surface area contributed by atoms with Crippen molar-refractivity contribution in [2.45, 2.75) is 26.3 Å². The Labute approximate surface area is 169 Å². The second-order valence-corrected chi connectivity index (χ2v) is 7.42. The van der Waals surface area contributed by atoms with Crippen LogP contribution in [0.3, 0.4) is 0 Å². The molecule has 0 unspecified atom stereocenters. The molecule has 1 aromatic heterocycles. The topological polar surface area (TPSA) is 60.5 Å². The van der Waals surface area contributed by atoms with E-state index in [0.29, 0.717) is 26.0 Å². The van der Waals surface area contributed by atoms with E-state index in [1.807, 2.05) is 55.5 Å². The van der Waals surface area contributed by atoms with Gasteiger partial charge in [-0.25, -0.2) is 4.98 Å². The van der Waals surface area contributed by atoms with Gasteiger partial charge in [0.2, 0.25) is 5.91 Å². The Morgan fingerprint density at radius 1 is 1.07 bits per heavy atom. The van der Waals surface area contributed by atoms with Crippen LogP contribution in [-0.2, 0) is 11.3 Å². The molecule has 0 saturated heterocycles. The van der Waals surface area contributed by atoms with Crippen molar-refractivity contribution in [3.05, 3.63) is 64.5 Å². The van der Waals surface area contributed by atoms with Gasteiger partial charge in [0, 0.05) is 23.9 Å². The zero-order valence-corrected chi connectivity index (χ0v) is 16.9. The summed E-state index contributed by atoms with van der Waals surface area (Å²) in [4.78, 5) is 16.5. The van der Waals surface area contributed by atoms with Crippen LogP contribution >= 0.6 is 11.3 Å². The Hall–Kier alpha value is -2.86. The van der Waals surface area contributed by atoms with E-state index in [4.69, 9.17) is 9.47 Å². The monoisotopic (exact) mass is 396 g/mol. The van der Waals surface area contributed by atoms with E-state index in [1.54, 1.807) is 18.4 Å². The second kappa shape index (κ2) is 9.90. The van der Waals surface area contributed by atoms with Crippen molar-refractivity contribution in [3.8, 4) is 22.8 Å². The van der Waals surface area contributed by atoms with Crippen LogP contribution in [0.15, 0.2) is 53.9 Å². The quantitative estimate of drug-likeness (QED) is 0.537. The van der Waals surface area contributed by atoms with Crippen LogP contribution in [0, 0.1) is 6.92 Å². The number of carbonyl (C=O) groups is 1. The average Bonchev–Trinajstić information content (AvgIpc) is 3.17. The molecule has 0 aliphatic heterocycles. The molecule has 1 heterocycles. The number of nitrogens with one attached hydrogen (secondary N) is 1. The number of nitrogens with zero attached hydrogens (tertiary/aromatic N) is 1. The van der Waals surface area contributed by atoms with Gasteiger partial charge in [-0.2, -0.15) is 0 Å². The first kappa shape index (κ1) is 19.9. The van der Waals surface area contributed by atoms with E-state index in [2.05, 4.69) is 15.7 Å². The summed E-state index contributed by atoms with van der Waals surface area (Å²) >= 11 is 1.64. The molecule has 0 bridgehead atoms. The summed E-state index contributed by atoms with van der Waals surface area (Å²) in [6.07, 6.45) is 1.10. The second-order valence-electron chi connectivity index (χ2n) is 6.35. The first-order chi connectivity index (χ1) is 13.6. The largest absolute Gasteiger partial charge is 0.497 e. The van der Waals surface area contributed by atoms with Crippen LogP contribution in [0.25, 0.3) is 11.3 Å². The van der Waals surface area contributed by atoms with Crippen molar-refractivity contribution in [3.63, 3.8) is 0 Å². The molecule has 5 nitrogen and oxygen atoms in total. The maximum Gasteiger partial charge on any atom is 0.220 e. The Kier molecular flexibility index (Phi) is 7.03. The van der Waals surface area contributed by atoms with Crippen LogP contribution in [0.1, 0.15) is 23.4 Å². The fourth-order valence-corrected chi connectivity index (χ4v) is 3.30. The summed E-state index contributed by atoms with van der Waals surface area (Å²) in [5.41, 5.74) is 3.16. The van der Waals surface area contributed by atoms with E-state index in [9.17, 15) is 4.79 Å². The van der Waals surface area contributed by atoms with Crippen LogP contribution in [0.2, 0.25) is 0 Å². The lowest BCUT2D eigenvalue weighted by Gasteiger charge is -2.08. The molecule has 0 spiro atoms. The third-order valence-corrected chi connectivity index (χ3v) is 5.01. The highest BCUT2D eigenvalue weighted by molar-refractivity contribution is 7.09. The molecular weight excluding hydrogens is 372 g/mol. The van der Waals surface area contributed by atoms with Gasteiger partial charge in [0.25, 0.3) is 0 Å². The first-order valence-electron chi connectivity index (χ1n) is 9.19. The molecule has 3 rings (SSSR count). The summed E-state index contributed by atoms with van der Waals surface area (Å²) in [6.45, 7) is 3.02. The molecule has 0 aliphatic rings. The van der Waals surface area contributed by atoms with Crippen LogP contribution in [-0.4, -0.2) is 24.6 Å². The van der Waals surface area contributed by atoms with Crippen molar-refractivity contribution in [1.29, 1.82) is 0 Å². The molecule has 2 aromatic carbocycles. The SMILES string of the molecule is COc1ccc(OCCCC(=O)NCc2ccc(-c3csc(C)n3)cc2)cc1. The van der Waals surface area contributed by atoms with E-state index in [0.717, 1.165) is 33.3 Å². The van der Waals surface area contributed by atoms with Gasteiger partial charge in [-0.05, 0) is 43.2 Å². The van der Waals surface area contributed by atoms with Gasteiger partial charge in [0.05, 0.1) is 24.4 Å². The lowest BCUT2D eigenvalue weighted by Crippen LogP contribution is -2.22. The molecule has 1 amide bonds. The molecule has 0 saturated carbocycles. The van der Waals surface area contributed by atoms with Crippen molar-refractivity contribution in [2.75, 3.05) is 13.7 Å². The number of hydrogen-bond donors (Lipinski definition) is 1. The van der Waals surface area contributed by atoms with Crippen LogP contribution in [0.4, 0.5) is 0 Å². The molecule has 6 heteroatoms. The number of aromatic nitrogens is 1. The van der Waals surface area contributed by atoms with Gasteiger partial charge < -0.3 is 14.8 Å². The highest BCUT2D eigenvalue weighted by Crippen LogP contribution is 2.22. The minimum absolute atomic E-state index is 0.0255. The normalized spacial score (nSPS) is 10.5. The standard InChI is InChI=1S/C22H24N2O3S/c1-16-24-21(15-28-16)18-7-5-17(6-8-18)14-23-22(25)4-3-13-27-20-11-9-19(26-2)10-12-20/h5-12,15H,3-4,13-14H2,1-2H3,(H,23,25). The lowest BCUT2D eigenvalue weighted by atomic mass is 10.1. The maximum absolute atomic E-state index is 12.0. The number of benzene rings is 2. The van der Waals surface area contributed by atoms with Gasteiger partial charge in [-0.3, -0.25) is 4.79 Å². The Morgan fingerprint density at radius 2 is 1.79 bits per heavy atom. The number of aryl methyl sites for hydroxylation is 1. The van der Waals surface area contributed by atoms with E-state index < -0.39 is 0 Å². The molecule has 0 aliphatic carbocycles. The summed E-state index contributed by atoms with van der Waals surface area (Å²) in [5.74, 6) is 1.59. The summed E-state index contributed by atoms with van der Waals surface area (Å²) in [5, 5.41) is 6.06. The number of methoxy groups -OCH3 is 1. The van der Waals surface area contributed by atoms with Crippen molar-refractivity contribution < 1.29 is 14.3 Å². The van der Waals surface area contributed by atoms with Gasteiger partial charge in [-0.1, -0.05) is 24.3 Å². The van der Waals surface area contributed by atoms with Crippen LogP contribution in [0.5, 0.6) is 11.5 Å². The predicted octanol–water partition coefficient (Wildman–Crippen LogP) is 4.60. The van der Waals surface area contributed by atoms with Gasteiger partial charge >= 0.3 is 0 Å². The Balaban J connectivity index is 1.35. The Morgan fingerprint density at radius 3 is 2.43 bits per heavy atom. The third kappa shape index (κ3) is 5.82. The molecule has 146 valence electrons. The average molecular weight is 397 g/mol. The molecule has 28 heavy (non-hydrogen) atoms. The van der Waals surface area contributed by atoms with E-state index in [-0.39, 0.29) is 5.91 Å². The zero-order valence-electron chi connectivity index (χ0n) is 16.1. The predicted molar refractivity (Wildman–Crippen MR) is 112 cm³/mol. The number of carbonyl (C=O) groups excluding carboxylic acids is 1. The number of ether oxygens (including phenoxy) is 2. The highest BCUT2D eigenvalue weighted by atomic mass is 32.1. The minimum atomic E-state index is 0.0255. The molecule has 1 N–H and O–H groups in total. The molecule has 0 radical (unpaired) electrons. The van der Waals surface area contributed by atoms with Crippen molar-refractivity contribution >= 4 is 17.2 Å². The maximum atomic E-state index is 12.0.